The van der Waals surface area contributed by atoms with E-state index in [0.717, 1.165) is 0 Å². The van der Waals surface area contributed by atoms with Crippen LogP contribution in [-0.2, 0) is 0 Å². The summed E-state index contributed by atoms with van der Waals surface area (Å²) in [7, 11) is 0. The van der Waals surface area contributed by atoms with Crippen LogP contribution in [0.3, 0.4) is 0 Å². The minimum Gasteiger partial charge on any atom is -0.135 e. The molecular weight excluding hydrogens is 593 g/mol. The predicted octanol–water partition coefficient (Wildman–Crippen LogP) is 13.5. The average molecular weight is 619 g/mol. The Bertz CT molecular complexity index is 2620. The van der Waals surface area contributed by atoms with Gasteiger partial charge in [0.1, 0.15) is 0 Å². The first kappa shape index (κ1) is 26.1. The van der Waals surface area contributed by atoms with Gasteiger partial charge in [-0.05, 0) is 107 Å². The molecule has 0 bridgehead atoms. The smallest absolute Gasteiger partial charge is 0.0349 e. The Hall–Kier alpha value is -5.15. The van der Waals surface area contributed by atoms with E-state index in [2.05, 4.69) is 158 Å². The molecule has 0 amide bonds. The molecule has 0 radical (unpaired) electrons. The second-order valence-electron chi connectivity index (χ2n) is 12.1. The van der Waals surface area contributed by atoms with Crippen molar-refractivity contribution in [3.63, 3.8) is 0 Å². The zero-order chi connectivity index (χ0) is 30.2. The molecule has 8 aromatic carbocycles. The van der Waals surface area contributed by atoms with Crippen LogP contribution in [0.4, 0.5) is 0 Å². The van der Waals surface area contributed by atoms with Crippen molar-refractivity contribution in [3.8, 4) is 43.1 Å². The molecule has 1 aromatic heterocycles. The fraction of sp³-hybridized carbons (Fsp3) is 0. The van der Waals surface area contributed by atoms with Gasteiger partial charge in [-0.3, -0.25) is 0 Å². The van der Waals surface area contributed by atoms with Gasteiger partial charge in [0.25, 0.3) is 0 Å². The molecule has 0 spiro atoms. The Morgan fingerprint density at radius 1 is 0.326 bits per heavy atom. The van der Waals surface area contributed by atoms with Crippen LogP contribution in [-0.4, -0.2) is 0 Å². The average Bonchev–Trinajstić information content (AvgIpc) is 3.62. The molecule has 0 fully saturated rings. The summed E-state index contributed by atoms with van der Waals surface area (Å²) >= 11 is 3.75. The van der Waals surface area contributed by atoms with Crippen LogP contribution >= 0.6 is 23.1 Å². The van der Waals surface area contributed by atoms with Crippen LogP contribution in [0.25, 0.3) is 86.2 Å². The second-order valence-corrected chi connectivity index (χ2v) is 14.2. The van der Waals surface area contributed by atoms with Gasteiger partial charge >= 0.3 is 0 Å². The molecular formula is C44H26S2. The van der Waals surface area contributed by atoms with Crippen molar-refractivity contribution in [1.29, 1.82) is 0 Å². The van der Waals surface area contributed by atoms with E-state index in [1.54, 1.807) is 0 Å². The maximum absolute atomic E-state index is 2.39. The van der Waals surface area contributed by atoms with Crippen molar-refractivity contribution in [2.75, 3.05) is 0 Å². The molecule has 0 atom stereocenters. The quantitative estimate of drug-likeness (QED) is 0.178. The van der Waals surface area contributed by atoms with Crippen molar-refractivity contribution in [1.82, 2.24) is 0 Å². The predicted molar refractivity (Wildman–Crippen MR) is 200 cm³/mol. The number of hydrogen-bond donors (Lipinski definition) is 0. The molecule has 0 N–H and O–H groups in total. The van der Waals surface area contributed by atoms with E-state index < -0.39 is 0 Å². The molecule has 0 aliphatic carbocycles. The highest BCUT2D eigenvalue weighted by Gasteiger charge is 2.20. The van der Waals surface area contributed by atoms with Crippen molar-refractivity contribution < 1.29 is 0 Å². The van der Waals surface area contributed by atoms with Crippen LogP contribution in [0.1, 0.15) is 0 Å². The number of benzene rings is 8. The Morgan fingerprint density at radius 3 is 1.65 bits per heavy atom. The van der Waals surface area contributed by atoms with E-state index >= 15 is 0 Å². The third-order valence-corrected chi connectivity index (χ3v) is 11.8. The topological polar surface area (TPSA) is 0 Å². The van der Waals surface area contributed by atoms with Gasteiger partial charge in [0, 0.05) is 24.9 Å². The summed E-state index contributed by atoms with van der Waals surface area (Å²) in [5.74, 6) is 0. The highest BCUT2D eigenvalue weighted by molar-refractivity contribution is 7.99. The number of thiophene rings is 1. The number of hydrogen-bond acceptors (Lipinski definition) is 2. The Labute approximate surface area is 275 Å². The van der Waals surface area contributed by atoms with Crippen LogP contribution in [0, 0.1) is 0 Å². The minimum absolute atomic E-state index is 1.24. The minimum atomic E-state index is 1.24. The van der Waals surface area contributed by atoms with Crippen LogP contribution in [0.5, 0.6) is 0 Å². The van der Waals surface area contributed by atoms with Crippen molar-refractivity contribution in [2.45, 2.75) is 9.79 Å². The first-order valence-corrected chi connectivity index (χ1v) is 17.3. The van der Waals surface area contributed by atoms with Crippen LogP contribution in [0.2, 0.25) is 0 Å². The zero-order valence-electron chi connectivity index (χ0n) is 24.8. The molecule has 0 saturated carbocycles. The van der Waals surface area contributed by atoms with Gasteiger partial charge in [0.05, 0.1) is 0 Å². The molecule has 9 aromatic rings. The summed E-state index contributed by atoms with van der Waals surface area (Å²) in [5.41, 5.74) is 7.69. The van der Waals surface area contributed by atoms with Crippen molar-refractivity contribution >= 4 is 66.2 Å². The summed E-state index contributed by atoms with van der Waals surface area (Å²) in [6, 6.07) is 58.4. The van der Waals surface area contributed by atoms with Crippen molar-refractivity contribution in [3.05, 3.63) is 158 Å². The molecule has 46 heavy (non-hydrogen) atoms. The van der Waals surface area contributed by atoms with Crippen LogP contribution < -0.4 is 0 Å². The first-order chi connectivity index (χ1) is 22.8. The summed E-state index contributed by atoms with van der Waals surface area (Å²) in [6.07, 6.45) is 0. The normalized spacial score (nSPS) is 12.3. The molecule has 0 unspecified atom stereocenters. The molecule has 0 nitrogen and oxygen atoms in total. The molecule has 2 heterocycles. The molecule has 1 aliphatic rings. The van der Waals surface area contributed by atoms with E-state index in [4.69, 9.17) is 0 Å². The van der Waals surface area contributed by atoms with Crippen molar-refractivity contribution in [2.24, 2.45) is 0 Å². The summed E-state index contributed by atoms with van der Waals surface area (Å²) in [5, 5.41) is 10.5. The standard InChI is InChI=1S/C44H26S2/c1-2-11-34-32(9-1)33-10-3-4-12-35(33)38-25-30(19-21-36(34)38)27-15-17-28(18-16-27)40-23-24-41(45-40)31-20-22-42-39(26-31)37-13-5-7-29-8-6-14-43(46-42)44(29)37/h1-26H. The van der Waals surface area contributed by atoms with Gasteiger partial charge in [-0.25, -0.2) is 0 Å². The van der Waals surface area contributed by atoms with Gasteiger partial charge in [-0.15, -0.1) is 11.3 Å². The van der Waals surface area contributed by atoms with Gasteiger partial charge < -0.3 is 0 Å². The van der Waals surface area contributed by atoms with E-state index in [0.29, 0.717) is 0 Å². The molecule has 1 aliphatic heterocycles. The largest absolute Gasteiger partial charge is 0.135 e. The SMILES string of the molecule is c1cc2c3c(cccc3c1)-c1cc(-c3ccc(-c4ccc(-c5ccc6c7ccccc7c7ccccc7c6c5)cc4)s3)ccc1S2. The third kappa shape index (κ3) is 4.01. The summed E-state index contributed by atoms with van der Waals surface area (Å²) in [4.78, 5) is 5.27. The maximum Gasteiger partial charge on any atom is 0.0349 e. The van der Waals surface area contributed by atoms with E-state index in [9.17, 15) is 0 Å². The van der Waals surface area contributed by atoms with Gasteiger partial charge in [0.15, 0.2) is 0 Å². The lowest BCUT2D eigenvalue weighted by Gasteiger charge is -2.20. The monoisotopic (exact) mass is 618 g/mol. The summed E-state index contributed by atoms with van der Waals surface area (Å²) < 4.78 is 0. The fourth-order valence-corrected chi connectivity index (χ4v) is 9.42. The van der Waals surface area contributed by atoms with Crippen LogP contribution in [0.15, 0.2) is 168 Å². The second kappa shape index (κ2) is 10.2. The Balaban J connectivity index is 0.995. The van der Waals surface area contributed by atoms with E-state index in [-0.39, 0.29) is 0 Å². The van der Waals surface area contributed by atoms with Gasteiger partial charge in [0.2, 0.25) is 0 Å². The van der Waals surface area contributed by atoms with Gasteiger partial charge in [-0.1, -0.05) is 133 Å². The first-order valence-electron chi connectivity index (χ1n) is 15.7. The number of fused-ring (bicyclic) bond motifs is 8. The number of rotatable bonds is 3. The lowest BCUT2D eigenvalue weighted by molar-refractivity contribution is 1.40. The zero-order valence-corrected chi connectivity index (χ0v) is 26.5. The lowest BCUT2D eigenvalue weighted by Crippen LogP contribution is -1.93. The molecule has 214 valence electrons. The highest BCUT2D eigenvalue weighted by atomic mass is 32.2. The maximum atomic E-state index is 2.39. The van der Waals surface area contributed by atoms with E-state index in [1.165, 1.54) is 96.0 Å². The molecule has 10 rings (SSSR count). The third-order valence-electron chi connectivity index (χ3n) is 9.49. The lowest BCUT2D eigenvalue weighted by atomic mass is 9.92. The summed E-state index contributed by atoms with van der Waals surface area (Å²) in [6.45, 7) is 0. The Morgan fingerprint density at radius 2 is 0.913 bits per heavy atom. The molecule has 2 heteroatoms. The van der Waals surface area contributed by atoms with Gasteiger partial charge in [-0.2, -0.15) is 0 Å². The van der Waals surface area contributed by atoms with E-state index in [1.807, 2.05) is 23.1 Å². The Kier molecular flexibility index (Phi) is 5.78. The fourth-order valence-electron chi connectivity index (χ4n) is 7.28. The molecule has 0 saturated heterocycles. The highest BCUT2D eigenvalue weighted by Crippen LogP contribution is 2.49.